The predicted octanol–water partition coefficient (Wildman–Crippen LogP) is 2.90. The fraction of sp³-hybridized carbons (Fsp3) is 0.889. The number of carbonyl (C=O) groups is 1. The lowest BCUT2D eigenvalue weighted by Crippen LogP contribution is -2.33. The zero-order valence-electron chi connectivity index (χ0n) is 9.22. The van der Waals surface area contributed by atoms with Gasteiger partial charge in [0.25, 0.3) is 0 Å². The largest absolute Gasteiger partial charge is 0.414 e. The van der Waals surface area contributed by atoms with Crippen molar-refractivity contribution >= 4 is 25.2 Å². The topological polar surface area (TPSA) is 26.3 Å². The van der Waals surface area contributed by atoms with Crippen LogP contribution in [0, 0.1) is 0 Å². The van der Waals surface area contributed by atoms with Crippen molar-refractivity contribution in [3.05, 3.63) is 0 Å². The Morgan fingerprint density at radius 3 is 2.31 bits per heavy atom. The van der Waals surface area contributed by atoms with Gasteiger partial charge in [-0.3, -0.25) is 4.79 Å². The Kier molecular flexibility index (Phi) is 5.92. The van der Waals surface area contributed by atoms with Crippen molar-refractivity contribution < 1.29 is 9.22 Å². The summed E-state index contributed by atoms with van der Waals surface area (Å²) in [6, 6.07) is 0. The van der Waals surface area contributed by atoms with Crippen LogP contribution in [-0.2, 0) is 9.22 Å². The molecule has 0 spiro atoms. The van der Waals surface area contributed by atoms with Gasteiger partial charge in [-0.05, 0) is 26.1 Å². The Balaban J connectivity index is 3.83. The van der Waals surface area contributed by atoms with Gasteiger partial charge in [-0.2, -0.15) is 0 Å². The van der Waals surface area contributed by atoms with Crippen molar-refractivity contribution in [2.45, 2.75) is 46.0 Å². The molecule has 0 aromatic rings. The SMILES string of the molecule is CCC(CSC(C)=O)O[Si](C)(C)C. The maximum Gasteiger partial charge on any atom is 0.185 e. The van der Waals surface area contributed by atoms with E-state index in [1.54, 1.807) is 6.92 Å². The van der Waals surface area contributed by atoms with Crippen LogP contribution in [0.15, 0.2) is 0 Å². The van der Waals surface area contributed by atoms with Crippen LogP contribution in [0.25, 0.3) is 0 Å². The molecule has 0 saturated carbocycles. The predicted molar refractivity (Wildman–Crippen MR) is 61.6 cm³/mol. The van der Waals surface area contributed by atoms with Crippen LogP contribution >= 0.6 is 11.8 Å². The minimum Gasteiger partial charge on any atom is -0.414 e. The van der Waals surface area contributed by atoms with Crippen LogP contribution in [0.3, 0.4) is 0 Å². The molecule has 1 atom stereocenters. The third-order valence-electron chi connectivity index (χ3n) is 1.45. The lowest BCUT2D eigenvalue weighted by Gasteiger charge is -2.24. The van der Waals surface area contributed by atoms with Crippen molar-refractivity contribution in [2.24, 2.45) is 0 Å². The first-order valence-corrected chi connectivity index (χ1v) is 9.05. The molecule has 0 aliphatic rings. The van der Waals surface area contributed by atoms with E-state index in [0.717, 1.165) is 12.2 Å². The highest BCUT2D eigenvalue weighted by Crippen LogP contribution is 2.15. The first-order valence-electron chi connectivity index (χ1n) is 4.66. The fourth-order valence-electron chi connectivity index (χ4n) is 0.946. The van der Waals surface area contributed by atoms with E-state index in [1.165, 1.54) is 11.8 Å². The van der Waals surface area contributed by atoms with Gasteiger partial charge in [0.05, 0.1) is 6.10 Å². The van der Waals surface area contributed by atoms with Gasteiger partial charge in [-0.25, -0.2) is 0 Å². The monoisotopic (exact) mass is 220 g/mol. The maximum atomic E-state index is 10.7. The van der Waals surface area contributed by atoms with E-state index in [-0.39, 0.29) is 11.2 Å². The van der Waals surface area contributed by atoms with Crippen LogP contribution in [0.1, 0.15) is 20.3 Å². The van der Waals surface area contributed by atoms with E-state index in [0.29, 0.717) is 0 Å². The summed E-state index contributed by atoms with van der Waals surface area (Å²) >= 11 is 1.36. The zero-order valence-corrected chi connectivity index (χ0v) is 11.0. The van der Waals surface area contributed by atoms with Gasteiger partial charge in [-0.1, -0.05) is 18.7 Å². The molecule has 13 heavy (non-hydrogen) atoms. The van der Waals surface area contributed by atoms with Gasteiger partial charge in [0, 0.05) is 12.7 Å². The van der Waals surface area contributed by atoms with Crippen LogP contribution in [-0.4, -0.2) is 25.3 Å². The van der Waals surface area contributed by atoms with Crippen molar-refractivity contribution in [1.82, 2.24) is 0 Å². The molecule has 0 N–H and O–H groups in total. The summed E-state index contributed by atoms with van der Waals surface area (Å²) in [5.41, 5.74) is 0. The average molecular weight is 220 g/mol. The molecule has 0 aromatic carbocycles. The van der Waals surface area contributed by atoms with Crippen LogP contribution in [0.4, 0.5) is 0 Å². The van der Waals surface area contributed by atoms with Gasteiger partial charge in [-0.15, -0.1) is 0 Å². The molecule has 0 radical (unpaired) electrons. The van der Waals surface area contributed by atoms with E-state index < -0.39 is 8.32 Å². The van der Waals surface area contributed by atoms with Gasteiger partial charge in [0.1, 0.15) is 0 Å². The third kappa shape index (κ3) is 8.52. The molecule has 0 aliphatic carbocycles. The minimum absolute atomic E-state index is 0.178. The molecule has 2 nitrogen and oxygen atoms in total. The summed E-state index contributed by atoms with van der Waals surface area (Å²) in [4.78, 5) is 10.7. The molecule has 4 heteroatoms. The summed E-state index contributed by atoms with van der Waals surface area (Å²) in [5, 5.41) is 0.178. The molecule has 0 aliphatic heterocycles. The maximum absolute atomic E-state index is 10.7. The second kappa shape index (κ2) is 5.83. The second-order valence-electron chi connectivity index (χ2n) is 4.06. The van der Waals surface area contributed by atoms with Crippen molar-refractivity contribution in [2.75, 3.05) is 5.75 Å². The third-order valence-corrected chi connectivity index (χ3v) is 3.43. The van der Waals surface area contributed by atoms with E-state index >= 15 is 0 Å². The normalized spacial score (nSPS) is 14.2. The van der Waals surface area contributed by atoms with Gasteiger partial charge in [0.15, 0.2) is 13.4 Å². The van der Waals surface area contributed by atoms with Crippen molar-refractivity contribution in [1.29, 1.82) is 0 Å². The van der Waals surface area contributed by atoms with E-state index in [4.69, 9.17) is 4.43 Å². The van der Waals surface area contributed by atoms with Crippen LogP contribution < -0.4 is 0 Å². The van der Waals surface area contributed by atoms with Gasteiger partial charge in [0.2, 0.25) is 0 Å². The first kappa shape index (κ1) is 13.2. The lowest BCUT2D eigenvalue weighted by atomic mass is 10.3. The highest BCUT2D eigenvalue weighted by atomic mass is 32.2. The van der Waals surface area contributed by atoms with Gasteiger partial charge < -0.3 is 4.43 Å². The van der Waals surface area contributed by atoms with E-state index in [1.807, 2.05) is 0 Å². The molecule has 0 rings (SSSR count). The minimum atomic E-state index is -1.44. The Labute approximate surface area is 86.6 Å². The van der Waals surface area contributed by atoms with Crippen molar-refractivity contribution in [3.8, 4) is 0 Å². The molecule has 1 unspecified atom stereocenters. The molecule has 0 aromatic heterocycles. The molecular weight excluding hydrogens is 200 g/mol. The van der Waals surface area contributed by atoms with Crippen molar-refractivity contribution in [3.63, 3.8) is 0 Å². The molecule has 0 fully saturated rings. The second-order valence-corrected chi connectivity index (χ2v) is 9.72. The Morgan fingerprint density at radius 1 is 1.46 bits per heavy atom. The molecule has 0 bridgehead atoms. The molecule has 0 heterocycles. The summed E-state index contributed by atoms with van der Waals surface area (Å²) in [7, 11) is -1.44. The smallest absolute Gasteiger partial charge is 0.185 e. The standard InChI is InChI=1S/C9H20O2SSi/c1-6-9(7-12-8(2)10)11-13(3,4)5/h9H,6-7H2,1-5H3. The molecule has 0 amide bonds. The zero-order chi connectivity index (χ0) is 10.5. The molecule has 0 saturated heterocycles. The number of hydrogen-bond donors (Lipinski definition) is 0. The average Bonchev–Trinajstić information content (AvgIpc) is 1.95. The summed E-state index contributed by atoms with van der Waals surface area (Å²) in [5.74, 6) is 0.802. The number of rotatable bonds is 5. The van der Waals surface area contributed by atoms with Crippen LogP contribution in [0.5, 0.6) is 0 Å². The quantitative estimate of drug-likeness (QED) is 0.666. The Morgan fingerprint density at radius 2 is 2.00 bits per heavy atom. The van der Waals surface area contributed by atoms with E-state index in [2.05, 4.69) is 26.6 Å². The summed E-state index contributed by atoms with van der Waals surface area (Å²) in [6.07, 6.45) is 1.24. The highest BCUT2D eigenvalue weighted by molar-refractivity contribution is 8.13. The number of thioether (sulfide) groups is 1. The molecule has 78 valence electrons. The fourth-order valence-corrected chi connectivity index (χ4v) is 3.04. The first-order chi connectivity index (χ1) is 5.85. The van der Waals surface area contributed by atoms with Crippen LogP contribution in [0.2, 0.25) is 19.6 Å². The number of carbonyl (C=O) groups excluding carboxylic acids is 1. The summed E-state index contributed by atoms with van der Waals surface area (Å²) < 4.78 is 5.90. The summed E-state index contributed by atoms with van der Waals surface area (Å²) in [6.45, 7) is 10.2. The number of hydrogen-bond acceptors (Lipinski definition) is 3. The Bertz CT molecular complexity index is 165. The van der Waals surface area contributed by atoms with E-state index in [9.17, 15) is 4.79 Å². The van der Waals surface area contributed by atoms with Gasteiger partial charge >= 0.3 is 0 Å². The Hall–Kier alpha value is 0.197. The lowest BCUT2D eigenvalue weighted by molar-refractivity contribution is -0.109. The molecular formula is C9H20O2SSi. The highest BCUT2D eigenvalue weighted by Gasteiger charge is 2.20.